The topological polar surface area (TPSA) is 116 Å². The highest BCUT2D eigenvalue weighted by molar-refractivity contribution is 5.74. The minimum Gasteiger partial charge on any atom is -0.383 e. The van der Waals surface area contributed by atoms with Gasteiger partial charge in [0.2, 0.25) is 5.91 Å². The van der Waals surface area contributed by atoms with Gasteiger partial charge in [-0.1, -0.05) is 6.92 Å². The summed E-state index contributed by atoms with van der Waals surface area (Å²) >= 11 is 0. The number of nitrogen functional groups attached to an aromatic ring is 1. The summed E-state index contributed by atoms with van der Waals surface area (Å²) in [5.41, 5.74) is 11.5. The Morgan fingerprint density at radius 3 is 2.94 bits per heavy atom. The number of nitrogens with zero attached hydrogens (tertiary/aromatic N) is 2. The summed E-state index contributed by atoms with van der Waals surface area (Å²) in [6.45, 7) is 2.80. The van der Waals surface area contributed by atoms with E-state index in [4.69, 9.17) is 16.2 Å². The maximum atomic E-state index is 10.4. The van der Waals surface area contributed by atoms with Gasteiger partial charge in [-0.05, 0) is 6.42 Å². The molecule has 0 bridgehead atoms. The van der Waals surface area contributed by atoms with Crippen molar-refractivity contribution in [1.82, 2.24) is 9.97 Å². The van der Waals surface area contributed by atoms with Crippen LogP contribution in [0.3, 0.4) is 0 Å². The van der Waals surface area contributed by atoms with E-state index in [-0.39, 0.29) is 6.61 Å². The molecule has 0 unspecified atom stereocenters. The van der Waals surface area contributed by atoms with Crippen LogP contribution in [0.1, 0.15) is 12.5 Å². The van der Waals surface area contributed by atoms with Crippen LogP contribution in [0.2, 0.25) is 0 Å². The molecule has 7 heteroatoms. The van der Waals surface area contributed by atoms with E-state index in [2.05, 4.69) is 15.3 Å². The lowest BCUT2D eigenvalue weighted by Gasteiger charge is -2.10. The van der Waals surface area contributed by atoms with E-state index in [1.807, 2.05) is 6.92 Å². The molecule has 0 aliphatic rings. The van der Waals surface area contributed by atoms with Gasteiger partial charge in [-0.25, -0.2) is 9.97 Å². The molecule has 0 saturated heterocycles. The first-order chi connectivity index (χ1) is 8.15. The first-order valence-corrected chi connectivity index (χ1v) is 5.34. The van der Waals surface area contributed by atoms with E-state index in [1.54, 1.807) is 0 Å². The minimum atomic E-state index is -0.481. The Morgan fingerprint density at radius 1 is 1.53 bits per heavy atom. The zero-order valence-electron chi connectivity index (χ0n) is 9.77. The Bertz CT molecular complexity index is 383. The van der Waals surface area contributed by atoms with Crippen LogP contribution in [0.5, 0.6) is 0 Å². The summed E-state index contributed by atoms with van der Waals surface area (Å²) in [5, 5.41) is 3.07. The molecule has 0 spiro atoms. The molecule has 1 amide bonds. The van der Waals surface area contributed by atoms with Crippen molar-refractivity contribution >= 4 is 17.5 Å². The van der Waals surface area contributed by atoms with Crippen LogP contribution in [0.25, 0.3) is 0 Å². The Kier molecular flexibility index (Phi) is 5.15. The van der Waals surface area contributed by atoms with Gasteiger partial charge in [0.25, 0.3) is 0 Å². The van der Waals surface area contributed by atoms with E-state index in [0.29, 0.717) is 24.8 Å². The second-order valence-electron chi connectivity index (χ2n) is 3.39. The highest BCUT2D eigenvalue weighted by Crippen LogP contribution is 2.16. The predicted octanol–water partition coefficient (Wildman–Crippen LogP) is -0.465. The number of anilines is 2. The number of primary amides is 1. The van der Waals surface area contributed by atoms with Gasteiger partial charge in [0.1, 0.15) is 24.6 Å². The van der Waals surface area contributed by atoms with Crippen molar-refractivity contribution in [3.8, 4) is 0 Å². The van der Waals surface area contributed by atoms with Crippen LogP contribution >= 0.6 is 0 Å². The molecule has 1 heterocycles. The van der Waals surface area contributed by atoms with Crippen LogP contribution in [0.15, 0.2) is 6.33 Å². The Labute approximate surface area is 99.6 Å². The summed E-state index contributed by atoms with van der Waals surface area (Å²) in [7, 11) is 0. The Morgan fingerprint density at radius 2 is 2.29 bits per heavy atom. The summed E-state index contributed by atoms with van der Waals surface area (Å²) in [6, 6.07) is 0. The third-order valence-corrected chi connectivity index (χ3v) is 2.12. The van der Waals surface area contributed by atoms with Gasteiger partial charge in [0.15, 0.2) is 0 Å². The number of amides is 1. The highest BCUT2D eigenvalue weighted by atomic mass is 16.5. The second-order valence-corrected chi connectivity index (χ2v) is 3.39. The molecule has 0 atom stereocenters. The minimum absolute atomic E-state index is 0.0752. The molecule has 1 aromatic rings. The van der Waals surface area contributed by atoms with Gasteiger partial charge in [0, 0.05) is 12.1 Å². The third kappa shape index (κ3) is 4.23. The lowest BCUT2D eigenvalue weighted by atomic mass is 10.2. The summed E-state index contributed by atoms with van der Waals surface area (Å²) in [4.78, 5) is 18.4. The zero-order chi connectivity index (χ0) is 12.7. The number of aromatic nitrogens is 2. The molecular formula is C10H17N5O2. The van der Waals surface area contributed by atoms with E-state index < -0.39 is 5.91 Å². The van der Waals surface area contributed by atoms with Crippen LogP contribution < -0.4 is 16.8 Å². The van der Waals surface area contributed by atoms with Gasteiger partial charge < -0.3 is 21.5 Å². The van der Waals surface area contributed by atoms with Gasteiger partial charge in [-0.15, -0.1) is 0 Å². The molecule has 1 aromatic heterocycles. The smallest absolute Gasteiger partial charge is 0.243 e. The number of nitrogens with two attached hydrogens (primary N) is 2. The maximum Gasteiger partial charge on any atom is 0.243 e. The first kappa shape index (κ1) is 13.2. The fourth-order valence-corrected chi connectivity index (χ4v) is 1.34. The van der Waals surface area contributed by atoms with Crippen molar-refractivity contribution in [2.45, 2.75) is 13.3 Å². The number of rotatable bonds is 7. The van der Waals surface area contributed by atoms with Crippen LogP contribution in [0, 0.1) is 0 Å². The van der Waals surface area contributed by atoms with Crippen LogP contribution in [0.4, 0.5) is 11.6 Å². The van der Waals surface area contributed by atoms with Crippen molar-refractivity contribution < 1.29 is 9.53 Å². The quantitative estimate of drug-likeness (QED) is 0.554. The molecule has 0 aromatic carbocycles. The van der Waals surface area contributed by atoms with Gasteiger partial charge in [-0.3, -0.25) is 4.79 Å². The largest absolute Gasteiger partial charge is 0.383 e. The standard InChI is InChI=1S/C10H17N5O2/c1-2-7-9(12)14-6-15-10(7)13-3-4-17-5-8(11)16/h6H,2-5H2,1H3,(H2,11,16)(H3,12,13,14,15). The average Bonchev–Trinajstić information content (AvgIpc) is 2.28. The van der Waals surface area contributed by atoms with Crippen molar-refractivity contribution in [2.75, 3.05) is 30.8 Å². The lowest BCUT2D eigenvalue weighted by molar-refractivity contribution is -0.122. The fourth-order valence-electron chi connectivity index (χ4n) is 1.34. The summed E-state index contributed by atoms with van der Waals surface area (Å²) in [6.07, 6.45) is 2.15. The Hall–Kier alpha value is -1.89. The van der Waals surface area contributed by atoms with Crippen LogP contribution in [-0.2, 0) is 16.0 Å². The zero-order valence-corrected chi connectivity index (χ0v) is 9.77. The molecule has 0 radical (unpaired) electrons. The molecule has 94 valence electrons. The molecule has 0 saturated carbocycles. The number of ether oxygens (including phenoxy) is 1. The van der Waals surface area contributed by atoms with E-state index >= 15 is 0 Å². The number of carbonyl (C=O) groups is 1. The van der Waals surface area contributed by atoms with Crippen molar-refractivity contribution in [3.63, 3.8) is 0 Å². The number of nitrogens with one attached hydrogen (secondary N) is 1. The van der Waals surface area contributed by atoms with Gasteiger partial charge in [-0.2, -0.15) is 0 Å². The average molecular weight is 239 g/mol. The molecular weight excluding hydrogens is 222 g/mol. The number of hydrogen-bond donors (Lipinski definition) is 3. The molecule has 5 N–H and O–H groups in total. The first-order valence-electron chi connectivity index (χ1n) is 5.34. The monoisotopic (exact) mass is 239 g/mol. The van der Waals surface area contributed by atoms with Crippen molar-refractivity contribution in [2.24, 2.45) is 5.73 Å². The normalized spacial score (nSPS) is 10.2. The molecule has 17 heavy (non-hydrogen) atoms. The predicted molar refractivity (Wildman–Crippen MR) is 64.3 cm³/mol. The number of hydrogen-bond acceptors (Lipinski definition) is 6. The SMILES string of the molecule is CCc1c(N)ncnc1NCCOCC(N)=O. The summed E-state index contributed by atoms with van der Waals surface area (Å²) in [5.74, 6) is 0.691. The Balaban J connectivity index is 2.41. The number of carbonyl (C=O) groups excluding carboxylic acids is 1. The van der Waals surface area contributed by atoms with Gasteiger partial charge >= 0.3 is 0 Å². The summed E-state index contributed by atoms with van der Waals surface area (Å²) < 4.78 is 5.01. The maximum absolute atomic E-state index is 10.4. The molecule has 0 fully saturated rings. The van der Waals surface area contributed by atoms with E-state index in [9.17, 15) is 4.79 Å². The second kappa shape index (κ2) is 6.64. The van der Waals surface area contributed by atoms with Crippen molar-refractivity contribution in [1.29, 1.82) is 0 Å². The lowest BCUT2D eigenvalue weighted by Crippen LogP contribution is -2.21. The third-order valence-electron chi connectivity index (χ3n) is 2.12. The molecule has 1 rings (SSSR count). The van der Waals surface area contributed by atoms with Gasteiger partial charge in [0.05, 0.1) is 6.61 Å². The molecule has 7 nitrogen and oxygen atoms in total. The molecule has 0 aliphatic heterocycles. The fraction of sp³-hybridized carbons (Fsp3) is 0.500. The van der Waals surface area contributed by atoms with Crippen LogP contribution in [-0.4, -0.2) is 35.6 Å². The van der Waals surface area contributed by atoms with E-state index in [1.165, 1.54) is 6.33 Å². The van der Waals surface area contributed by atoms with E-state index in [0.717, 1.165) is 12.0 Å². The molecule has 0 aliphatic carbocycles. The van der Waals surface area contributed by atoms with Crippen molar-refractivity contribution in [3.05, 3.63) is 11.9 Å². The highest BCUT2D eigenvalue weighted by Gasteiger charge is 2.06.